The van der Waals surface area contributed by atoms with Crippen LogP contribution in [0.15, 0.2) is 48.5 Å². The van der Waals surface area contributed by atoms with Crippen LogP contribution in [0.4, 0.5) is 0 Å². The Balaban J connectivity index is 1.54. The maximum absolute atomic E-state index is 9.62. The zero-order valence-electron chi connectivity index (χ0n) is 15.0. The van der Waals surface area contributed by atoms with Crippen LogP contribution in [-0.4, -0.2) is 52.3 Å². The van der Waals surface area contributed by atoms with Crippen LogP contribution < -0.4 is 4.74 Å². The van der Waals surface area contributed by atoms with Crippen LogP contribution in [-0.2, 0) is 0 Å². The van der Waals surface area contributed by atoms with Crippen molar-refractivity contribution in [2.75, 3.05) is 26.2 Å². The highest BCUT2D eigenvalue weighted by Crippen LogP contribution is 2.27. The molecule has 1 aliphatic heterocycles. The summed E-state index contributed by atoms with van der Waals surface area (Å²) >= 11 is 5.99. The minimum atomic E-state index is -0.157. The van der Waals surface area contributed by atoms with Gasteiger partial charge in [-0.25, -0.2) is 4.98 Å². The Morgan fingerprint density at radius 1 is 1.04 bits per heavy atom. The van der Waals surface area contributed by atoms with E-state index in [-0.39, 0.29) is 6.10 Å². The van der Waals surface area contributed by atoms with Crippen LogP contribution in [0.5, 0.6) is 5.88 Å². The number of aliphatic hydroxyl groups is 1. The first-order valence-corrected chi connectivity index (χ1v) is 9.63. The number of nitrogens with zero attached hydrogens (tertiary/aromatic N) is 3. The molecule has 5 nitrogen and oxygen atoms in total. The Bertz CT molecular complexity index is 909. The molecule has 0 saturated carbocycles. The Morgan fingerprint density at radius 3 is 2.56 bits per heavy atom. The van der Waals surface area contributed by atoms with E-state index in [2.05, 4.69) is 14.9 Å². The summed E-state index contributed by atoms with van der Waals surface area (Å²) in [5.74, 6) is 1.23. The van der Waals surface area contributed by atoms with E-state index >= 15 is 0 Å². The standard InChI is InChI=1S/C21H22ClN3O2/c22-16-7-5-15(6-8-16)20-23-19-4-2-1-3-18(19)21(24-20)27-14-13-25-11-9-17(26)10-12-25/h1-8,17,26H,9-14H2. The number of rotatable bonds is 5. The van der Waals surface area contributed by atoms with Gasteiger partial charge in [0.15, 0.2) is 5.82 Å². The molecule has 1 N–H and O–H groups in total. The molecule has 140 valence electrons. The van der Waals surface area contributed by atoms with Crippen LogP contribution in [0.3, 0.4) is 0 Å². The average Bonchev–Trinajstić information content (AvgIpc) is 2.70. The average molecular weight is 384 g/mol. The normalized spacial score (nSPS) is 15.9. The molecule has 3 aromatic rings. The summed E-state index contributed by atoms with van der Waals surface area (Å²) in [6.45, 7) is 3.19. The number of fused-ring (bicyclic) bond motifs is 1. The third kappa shape index (κ3) is 4.38. The van der Waals surface area contributed by atoms with E-state index in [9.17, 15) is 5.11 Å². The Hall–Kier alpha value is -2.21. The molecule has 6 heteroatoms. The molecule has 0 spiro atoms. The highest BCUT2D eigenvalue weighted by molar-refractivity contribution is 6.30. The predicted octanol–water partition coefficient (Wildman–Crippen LogP) is 3.79. The summed E-state index contributed by atoms with van der Waals surface area (Å²) in [5.41, 5.74) is 1.76. The molecule has 1 saturated heterocycles. The second-order valence-corrected chi connectivity index (χ2v) is 7.23. The SMILES string of the molecule is OC1CCN(CCOc2nc(-c3ccc(Cl)cc3)nc3ccccc23)CC1. The molecular formula is C21H22ClN3O2. The number of hydrogen-bond acceptors (Lipinski definition) is 5. The molecule has 1 fully saturated rings. The van der Waals surface area contributed by atoms with Crippen LogP contribution in [0.2, 0.25) is 5.02 Å². The molecule has 0 bridgehead atoms. The van der Waals surface area contributed by atoms with E-state index in [0.29, 0.717) is 23.3 Å². The zero-order chi connectivity index (χ0) is 18.6. The van der Waals surface area contributed by atoms with Gasteiger partial charge in [0, 0.05) is 30.2 Å². The van der Waals surface area contributed by atoms with Gasteiger partial charge in [-0.15, -0.1) is 0 Å². The maximum Gasteiger partial charge on any atom is 0.225 e. The summed E-state index contributed by atoms with van der Waals surface area (Å²) in [6, 6.07) is 15.4. The van der Waals surface area contributed by atoms with Crippen molar-refractivity contribution in [3.05, 3.63) is 53.6 Å². The number of aliphatic hydroxyl groups excluding tert-OH is 1. The van der Waals surface area contributed by atoms with E-state index in [1.54, 1.807) is 0 Å². The molecule has 0 atom stereocenters. The van der Waals surface area contributed by atoms with Crippen molar-refractivity contribution in [3.8, 4) is 17.3 Å². The molecule has 2 heterocycles. The lowest BCUT2D eigenvalue weighted by atomic mass is 10.1. The molecular weight excluding hydrogens is 362 g/mol. The van der Waals surface area contributed by atoms with Gasteiger partial charge in [-0.3, -0.25) is 4.90 Å². The molecule has 2 aromatic carbocycles. The highest BCUT2D eigenvalue weighted by atomic mass is 35.5. The molecule has 1 aliphatic rings. The Kier molecular flexibility index (Phi) is 5.53. The summed E-state index contributed by atoms with van der Waals surface area (Å²) < 4.78 is 6.05. The lowest BCUT2D eigenvalue weighted by Gasteiger charge is -2.29. The van der Waals surface area contributed by atoms with E-state index in [0.717, 1.165) is 48.9 Å². The van der Waals surface area contributed by atoms with Gasteiger partial charge < -0.3 is 9.84 Å². The van der Waals surface area contributed by atoms with Gasteiger partial charge in [-0.2, -0.15) is 4.98 Å². The minimum Gasteiger partial charge on any atom is -0.476 e. The van der Waals surface area contributed by atoms with Gasteiger partial charge in [0.1, 0.15) is 6.61 Å². The van der Waals surface area contributed by atoms with Crippen LogP contribution >= 0.6 is 11.6 Å². The Morgan fingerprint density at radius 2 is 1.78 bits per heavy atom. The molecule has 0 amide bonds. The number of likely N-dealkylation sites (tertiary alicyclic amines) is 1. The molecule has 0 radical (unpaired) electrons. The van der Waals surface area contributed by atoms with Gasteiger partial charge in [0.2, 0.25) is 5.88 Å². The number of hydrogen-bond donors (Lipinski definition) is 1. The van der Waals surface area contributed by atoms with Gasteiger partial charge in [0.25, 0.3) is 0 Å². The van der Waals surface area contributed by atoms with Crippen molar-refractivity contribution in [1.29, 1.82) is 0 Å². The quantitative estimate of drug-likeness (QED) is 0.726. The first kappa shape index (κ1) is 18.2. The van der Waals surface area contributed by atoms with E-state index < -0.39 is 0 Å². The number of para-hydroxylation sites is 1. The summed E-state index contributed by atoms with van der Waals surface area (Å²) in [6.07, 6.45) is 1.50. The lowest BCUT2D eigenvalue weighted by molar-refractivity contribution is 0.0752. The highest BCUT2D eigenvalue weighted by Gasteiger charge is 2.17. The first-order chi connectivity index (χ1) is 13.2. The van der Waals surface area contributed by atoms with Gasteiger partial charge >= 0.3 is 0 Å². The van der Waals surface area contributed by atoms with Gasteiger partial charge in [-0.1, -0.05) is 23.7 Å². The lowest BCUT2D eigenvalue weighted by Crippen LogP contribution is -2.38. The van der Waals surface area contributed by atoms with Crippen molar-refractivity contribution in [3.63, 3.8) is 0 Å². The third-order valence-corrected chi connectivity index (χ3v) is 5.13. The zero-order valence-corrected chi connectivity index (χ0v) is 15.8. The largest absolute Gasteiger partial charge is 0.476 e. The summed E-state index contributed by atoms with van der Waals surface area (Å²) in [5, 5.41) is 11.2. The molecule has 27 heavy (non-hydrogen) atoms. The molecule has 0 unspecified atom stereocenters. The van der Waals surface area contributed by atoms with Crippen molar-refractivity contribution in [2.24, 2.45) is 0 Å². The number of piperidine rings is 1. The second-order valence-electron chi connectivity index (χ2n) is 6.80. The topological polar surface area (TPSA) is 58.5 Å². The van der Waals surface area contributed by atoms with E-state index in [1.807, 2.05) is 48.5 Å². The van der Waals surface area contributed by atoms with Crippen LogP contribution in [0, 0.1) is 0 Å². The number of halogens is 1. The van der Waals surface area contributed by atoms with Crippen molar-refractivity contribution < 1.29 is 9.84 Å². The second kappa shape index (κ2) is 8.21. The fourth-order valence-electron chi connectivity index (χ4n) is 3.30. The van der Waals surface area contributed by atoms with Crippen molar-refractivity contribution >= 4 is 22.5 Å². The van der Waals surface area contributed by atoms with E-state index in [1.165, 1.54) is 0 Å². The molecule has 4 rings (SSSR count). The molecule has 0 aliphatic carbocycles. The fraction of sp³-hybridized carbons (Fsp3) is 0.333. The predicted molar refractivity (Wildman–Crippen MR) is 107 cm³/mol. The van der Waals surface area contributed by atoms with Crippen LogP contribution in [0.1, 0.15) is 12.8 Å². The smallest absolute Gasteiger partial charge is 0.225 e. The monoisotopic (exact) mass is 383 g/mol. The summed E-state index contributed by atoms with van der Waals surface area (Å²) in [4.78, 5) is 11.6. The summed E-state index contributed by atoms with van der Waals surface area (Å²) in [7, 11) is 0. The van der Waals surface area contributed by atoms with Crippen LogP contribution in [0.25, 0.3) is 22.3 Å². The first-order valence-electron chi connectivity index (χ1n) is 9.25. The number of aromatic nitrogens is 2. The van der Waals surface area contributed by atoms with Gasteiger partial charge in [0.05, 0.1) is 17.0 Å². The fourth-order valence-corrected chi connectivity index (χ4v) is 3.43. The van der Waals surface area contributed by atoms with Crippen molar-refractivity contribution in [1.82, 2.24) is 14.9 Å². The minimum absolute atomic E-state index is 0.157. The third-order valence-electron chi connectivity index (χ3n) is 4.87. The Labute approximate surface area is 163 Å². The number of benzene rings is 2. The maximum atomic E-state index is 9.62. The van der Waals surface area contributed by atoms with Gasteiger partial charge in [-0.05, 0) is 49.2 Å². The molecule has 1 aromatic heterocycles. The van der Waals surface area contributed by atoms with Crippen molar-refractivity contribution in [2.45, 2.75) is 18.9 Å². The number of ether oxygens (including phenoxy) is 1. The van der Waals surface area contributed by atoms with E-state index in [4.69, 9.17) is 16.3 Å².